The molecule has 1 heterocycles. The van der Waals surface area contributed by atoms with Gasteiger partial charge in [-0.2, -0.15) is 0 Å². The van der Waals surface area contributed by atoms with Crippen molar-refractivity contribution >= 4 is 5.91 Å². The number of carbonyl (C=O) groups is 1. The van der Waals surface area contributed by atoms with Gasteiger partial charge in [-0.3, -0.25) is 4.79 Å². The molecule has 1 fully saturated rings. The lowest BCUT2D eigenvalue weighted by Gasteiger charge is -2.23. The van der Waals surface area contributed by atoms with Gasteiger partial charge in [-0.05, 0) is 25.0 Å². The van der Waals surface area contributed by atoms with Crippen LogP contribution in [0.5, 0.6) is 0 Å². The van der Waals surface area contributed by atoms with Crippen molar-refractivity contribution in [2.45, 2.75) is 18.9 Å². The number of benzene rings is 1. The Bertz CT molecular complexity index is 455. The van der Waals surface area contributed by atoms with Crippen LogP contribution in [0.25, 0.3) is 0 Å². The van der Waals surface area contributed by atoms with Gasteiger partial charge in [0, 0.05) is 12.1 Å². The van der Waals surface area contributed by atoms with Crippen LogP contribution in [0.3, 0.4) is 0 Å². The number of aliphatic hydroxyl groups excluding tert-OH is 1. The Morgan fingerprint density at radius 2 is 1.94 bits per heavy atom. The fraction of sp³-hybridized carbons (Fsp3) is 0.417. The summed E-state index contributed by atoms with van der Waals surface area (Å²) < 4.78 is 38.8. The highest BCUT2D eigenvalue weighted by molar-refractivity contribution is 5.94. The number of hydrogen-bond acceptors (Lipinski definition) is 2. The van der Waals surface area contributed by atoms with Crippen LogP contribution in [0.2, 0.25) is 0 Å². The molecule has 1 aliphatic heterocycles. The maximum absolute atomic E-state index is 13.0. The first-order chi connectivity index (χ1) is 8.54. The van der Waals surface area contributed by atoms with Gasteiger partial charge in [0.2, 0.25) is 0 Å². The lowest BCUT2D eigenvalue weighted by Crippen LogP contribution is -2.37. The van der Waals surface area contributed by atoms with E-state index in [-0.39, 0.29) is 18.2 Å². The molecule has 1 N–H and O–H groups in total. The van der Waals surface area contributed by atoms with Crippen molar-refractivity contribution < 1.29 is 23.1 Å². The number of halogens is 3. The van der Waals surface area contributed by atoms with Crippen molar-refractivity contribution in [1.29, 1.82) is 0 Å². The van der Waals surface area contributed by atoms with Crippen LogP contribution in [0.15, 0.2) is 12.1 Å². The predicted molar refractivity (Wildman–Crippen MR) is 57.5 cm³/mol. The molecule has 1 aliphatic rings. The molecule has 1 aromatic rings. The molecule has 18 heavy (non-hydrogen) atoms. The Labute approximate surface area is 102 Å². The fourth-order valence-electron chi connectivity index (χ4n) is 2.14. The number of amides is 1. The fourth-order valence-corrected chi connectivity index (χ4v) is 2.14. The molecule has 2 rings (SSSR count). The van der Waals surface area contributed by atoms with Crippen LogP contribution in [-0.4, -0.2) is 35.1 Å². The summed E-state index contributed by atoms with van der Waals surface area (Å²) >= 11 is 0. The zero-order valence-corrected chi connectivity index (χ0v) is 9.50. The third kappa shape index (κ3) is 2.20. The normalized spacial score (nSPS) is 19.3. The van der Waals surface area contributed by atoms with Crippen molar-refractivity contribution in [2.75, 3.05) is 13.2 Å². The van der Waals surface area contributed by atoms with Gasteiger partial charge in [0.15, 0.2) is 17.5 Å². The Morgan fingerprint density at radius 1 is 1.33 bits per heavy atom. The highest BCUT2D eigenvalue weighted by Crippen LogP contribution is 2.21. The lowest BCUT2D eigenvalue weighted by atomic mass is 10.1. The largest absolute Gasteiger partial charge is 0.394 e. The molecule has 0 aromatic heterocycles. The lowest BCUT2D eigenvalue weighted by molar-refractivity contribution is 0.0676. The molecular formula is C12H12F3NO2. The second kappa shape index (κ2) is 4.97. The van der Waals surface area contributed by atoms with Crippen molar-refractivity contribution in [1.82, 2.24) is 4.90 Å². The van der Waals surface area contributed by atoms with E-state index in [2.05, 4.69) is 0 Å². The number of likely N-dealkylation sites (tertiary alicyclic amines) is 1. The SMILES string of the molecule is O=C(c1cc(F)c(F)c(F)c1)N1CCC[C@H]1CO. The van der Waals surface area contributed by atoms with E-state index in [0.717, 1.165) is 6.42 Å². The van der Waals surface area contributed by atoms with Gasteiger partial charge in [0.25, 0.3) is 5.91 Å². The molecule has 0 saturated carbocycles. The van der Waals surface area contributed by atoms with Crippen molar-refractivity contribution in [3.8, 4) is 0 Å². The summed E-state index contributed by atoms with van der Waals surface area (Å²) in [6, 6.07) is 1.01. The molecule has 1 amide bonds. The van der Waals surface area contributed by atoms with Crippen LogP contribution < -0.4 is 0 Å². The molecule has 1 saturated heterocycles. The molecule has 1 atom stereocenters. The molecular weight excluding hydrogens is 247 g/mol. The number of carbonyl (C=O) groups excluding carboxylic acids is 1. The van der Waals surface area contributed by atoms with Gasteiger partial charge in [-0.15, -0.1) is 0 Å². The van der Waals surface area contributed by atoms with Crippen LogP contribution in [0, 0.1) is 17.5 Å². The second-order valence-electron chi connectivity index (χ2n) is 4.23. The minimum absolute atomic E-state index is 0.197. The zero-order valence-electron chi connectivity index (χ0n) is 9.50. The summed E-state index contributed by atoms with van der Waals surface area (Å²) in [7, 11) is 0. The summed E-state index contributed by atoms with van der Waals surface area (Å²) in [5.41, 5.74) is -0.244. The van der Waals surface area contributed by atoms with E-state index in [9.17, 15) is 18.0 Å². The molecule has 0 bridgehead atoms. The summed E-state index contributed by atoms with van der Waals surface area (Å²) in [6.07, 6.45) is 1.37. The van der Waals surface area contributed by atoms with Gasteiger partial charge in [0.1, 0.15) is 0 Å². The average molecular weight is 259 g/mol. The van der Waals surface area contributed by atoms with Crippen molar-refractivity contribution in [3.05, 3.63) is 35.1 Å². The third-order valence-electron chi connectivity index (χ3n) is 3.08. The highest BCUT2D eigenvalue weighted by Gasteiger charge is 2.29. The van der Waals surface area contributed by atoms with E-state index in [4.69, 9.17) is 5.11 Å². The molecule has 1 aromatic carbocycles. The Hall–Kier alpha value is -1.56. The van der Waals surface area contributed by atoms with Crippen LogP contribution >= 0.6 is 0 Å². The van der Waals surface area contributed by atoms with Gasteiger partial charge in [-0.25, -0.2) is 13.2 Å². The van der Waals surface area contributed by atoms with E-state index >= 15 is 0 Å². The molecule has 0 spiro atoms. The van der Waals surface area contributed by atoms with E-state index in [0.29, 0.717) is 25.1 Å². The first kappa shape index (κ1) is 12.9. The summed E-state index contributed by atoms with van der Waals surface area (Å²) in [5, 5.41) is 9.08. The van der Waals surface area contributed by atoms with Crippen LogP contribution in [0.1, 0.15) is 23.2 Å². The van der Waals surface area contributed by atoms with Gasteiger partial charge in [0.05, 0.1) is 12.6 Å². The van der Waals surface area contributed by atoms with E-state index in [1.54, 1.807) is 0 Å². The molecule has 0 radical (unpaired) electrons. The Balaban J connectivity index is 2.29. The standard InChI is InChI=1S/C12H12F3NO2/c13-9-4-7(5-10(14)11(9)15)12(18)16-3-1-2-8(16)6-17/h4-5,8,17H,1-3,6H2/t8-/m0/s1. The van der Waals surface area contributed by atoms with E-state index in [1.807, 2.05) is 0 Å². The van der Waals surface area contributed by atoms with Gasteiger partial charge >= 0.3 is 0 Å². The van der Waals surface area contributed by atoms with Gasteiger partial charge < -0.3 is 10.0 Å². The van der Waals surface area contributed by atoms with E-state index in [1.165, 1.54) is 4.90 Å². The van der Waals surface area contributed by atoms with E-state index < -0.39 is 23.4 Å². The van der Waals surface area contributed by atoms with Gasteiger partial charge in [-0.1, -0.05) is 0 Å². The quantitative estimate of drug-likeness (QED) is 0.821. The average Bonchev–Trinajstić information content (AvgIpc) is 2.82. The minimum Gasteiger partial charge on any atom is -0.394 e. The first-order valence-electron chi connectivity index (χ1n) is 5.61. The Morgan fingerprint density at radius 3 is 2.50 bits per heavy atom. The first-order valence-corrected chi connectivity index (χ1v) is 5.61. The summed E-state index contributed by atoms with van der Waals surface area (Å²) in [5.74, 6) is -4.97. The summed E-state index contributed by atoms with van der Waals surface area (Å²) in [6.45, 7) is 0.225. The highest BCUT2D eigenvalue weighted by atomic mass is 19.2. The maximum atomic E-state index is 13.0. The maximum Gasteiger partial charge on any atom is 0.254 e. The topological polar surface area (TPSA) is 40.5 Å². The monoisotopic (exact) mass is 259 g/mol. The van der Waals surface area contributed by atoms with Crippen molar-refractivity contribution in [3.63, 3.8) is 0 Å². The van der Waals surface area contributed by atoms with Crippen LogP contribution in [0.4, 0.5) is 13.2 Å². The number of hydrogen-bond donors (Lipinski definition) is 1. The molecule has 6 heteroatoms. The predicted octanol–water partition coefficient (Wildman–Crippen LogP) is 1.70. The number of nitrogens with zero attached hydrogens (tertiary/aromatic N) is 1. The molecule has 0 unspecified atom stereocenters. The van der Waals surface area contributed by atoms with Crippen LogP contribution in [-0.2, 0) is 0 Å². The smallest absolute Gasteiger partial charge is 0.254 e. The molecule has 0 aliphatic carbocycles. The number of aliphatic hydroxyl groups is 1. The van der Waals surface area contributed by atoms with Crippen molar-refractivity contribution in [2.24, 2.45) is 0 Å². The second-order valence-corrected chi connectivity index (χ2v) is 4.23. The third-order valence-corrected chi connectivity index (χ3v) is 3.08. The summed E-state index contributed by atoms with van der Waals surface area (Å²) in [4.78, 5) is 13.3. The minimum atomic E-state index is -1.59. The molecule has 98 valence electrons. The number of rotatable bonds is 2. The Kier molecular flexibility index (Phi) is 3.56. The zero-order chi connectivity index (χ0) is 13.3. The molecule has 3 nitrogen and oxygen atoms in total.